The maximum absolute atomic E-state index is 12.8. The average molecular weight is 893 g/mol. The molecule has 0 saturated carbocycles. The quantitative estimate of drug-likeness (QED) is 0.0263. The normalized spacial score (nSPS) is 13.5. The highest BCUT2D eigenvalue weighted by Crippen LogP contribution is 2.10. The van der Waals surface area contributed by atoms with Crippen LogP contribution in [0.25, 0.3) is 0 Å². The lowest BCUT2D eigenvalue weighted by molar-refractivity contribution is -0.166. The van der Waals surface area contributed by atoms with Gasteiger partial charge in [0, 0.05) is 19.3 Å². The zero-order valence-corrected chi connectivity index (χ0v) is 40.9. The summed E-state index contributed by atoms with van der Waals surface area (Å²) >= 11 is 0. The molecule has 0 amide bonds. The van der Waals surface area contributed by atoms with Crippen LogP contribution < -0.4 is 0 Å². The van der Waals surface area contributed by atoms with Crippen LogP contribution in [0.15, 0.2) is 158 Å². The number of hydrogen-bond acceptors (Lipinski definition) is 6. The van der Waals surface area contributed by atoms with Gasteiger partial charge in [0.25, 0.3) is 0 Å². The van der Waals surface area contributed by atoms with Crippen LogP contribution in [0.3, 0.4) is 0 Å². The van der Waals surface area contributed by atoms with Crippen LogP contribution in [-0.2, 0) is 28.6 Å². The molecule has 360 valence electrons. The molecule has 0 N–H and O–H groups in total. The van der Waals surface area contributed by atoms with Crippen molar-refractivity contribution in [3.8, 4) is 0 Å². The van der Waals surface area contributed by atoms with Crippen molar-refractivity contribution < 1.29 is 28.6 Å². The second kappa shape index (κ2) is 51.7. The summed E-state index contributed by atoms with van der Waals surface area (Å²) in [7, 11) is 0. The highest BCUT2D eigenvalue weighted by atomic mass is 16.6. The summed E-state index contributed by atoms with van der Waals surface area (Å²) in [6.07, 6.45) is 75.3. The third-order valence-electron chi connectivity index (χ3n) is 9.52. The summed E-state index contributed by atoms with van der Waals surface area (Å²) < 4.78 is 16.6. The minimum Gasteiger partial charge on any atom is -0.462 e. The molecule has 0 heterocycles. The predicted octanol–water partition coefficient (Wildman–Crippen LogP) is 16.6. The van der Waals surface area contributed by atoms with Crippen molar-refractivity contribution in [2.75, 3.05) is 13.2 Å². The Balaban J connectivity index is 4.62. The monoisotopic (exact) mass is 893 g/mol. The number of rotatable bonds is 42. The van der Waals surface area contributed by atoms with E-state index in [0.717, 1.165) is 122 Å². The molecule has 6 nitrogen and oxygen atoms in total. The van der Waals surface area contributed by atoms with Gasteiger partial charge in [0.15, 0.2) is 6.10 Å². The Morgan fingerprint density at radius 1 is 0.308 bits per heavy atom. The minimum atomic E-state index is -0.850. The highest BCUT2D eigenvalue weighted by molar-refractivity contribution is 5.71. The maximum atomic E-state index is 12.8. The van der Waals surface area contributed by atoms with Crippen molar-refractivity contribution in [3.63, 3.8) is 0 Å². The number of esters is 3. The summed E-state index contributed by atoms with van der Waals surface area (Å²) in [5.41, 5.74) is 0. The zero-order chi connectivity index (χ0) is 47.2. The van der Waals surface area contributed by atoms with Gasteiger partial charge in [-0.15, -0.1) is 0 Å². The van der Waals surface area contributed by atoms with Gasteiger partial charge in [-0.2, -0.15) is 0 Å². The highest BCUT2D eigenvalue weighted by Gasteiger charge is 2.19. The van der Waals surface area contributed by atoms with Crippen LogP contribution in [0.1, 0.15) is 175 Å². The number of allylic oxidation sites excluding steroid dienone is 26. The van der Waals surface area contributed by atoms with Crippen LogP contribution in [0, 0.1) is 0 Å². The number of carbonyl (C=O) groups is 3. The molecule has 1 unspecified atom stereocenters. The second-order valence-electron chi connectivity index (χ2n) is 15.6. The molecular weight excluding hydrogens is 805 g/mol. The fraction of sp³-hybridized carbons (Fsp3) is 0.508. The molecule has 0 aromatic carbocycles. The molecule has 0 aromatic heterocycles. The second-order valence-corrected chi connectivity index (χ2v) is 15.6. The van der Waals surface area contributed by atoms with Crippen LogP contribution >= 0.6 is 0 Å². The van der Waals surface area contributed by atoms with Gasteiger partial charge in [-0.25, -0.2) is 0 Å². The smallest absolute Gasteiger partial charge is 0.306 e. The largest absolute Gasteiger partial charge is 0.462 e. The fourth-order valence-electron chi connectivity index (χ4n) is 5.88. The number of carbonyl (C=O) groups excluding carboxylic acids is 3. The van der Waals surface area contributed by atoms with Gasteiger partial charge in [0.2, 0.25) is 0 Å². The van der Waals surface area contributed by atoms with Gasteiger partial charge >= 0.3 is 17.9 Å². The maximum Gasteiger partial charge on any atom is 0.306 e. The summed E-state index contributed by atoms with van der Waals surface area (Å²) in [4.78, 5) is 37.9. The Morgan fingerprint density at radius 2 is 0.585 bits per heavy atom. The Bertz CT molecular complexity index is 1540. The molecule has 0 aliphatic rings. The Hall–Kier alpha value is -4.97. The third-order valence-corrected chi connectivity index (χ3v) is 9.52. The van der Waals surface area contributed by atoms with Crippen molar-refractivity contribution in [3.05, 3.63) is 158 Å². The molecule has 6 heteroatoms. The van der Waals surface area contributed by atoms with Crippen LogP contribution in [0.4, 0.5) is 0 Å². The zero-order valence-electron chi connectivity index (χ0n) is 40.9. The molecule has 0 fully saturated rings. The van der Waals surface area contributed by atoms with E-state index in [1.165, 1.54) is 0 Å². The first-order valence-corrected chi connectivity index (χ1v) is 25.0. The third kappa shape index (κ3) is 49.9. The minimum absolute atomic E-state index is 0.142. The molecular formula is C59H88O6. The van der Waals surface area contributed by atoms with E-state index in [0.29, 0.717) is 12.8 Å². The molecule has 0 aliphatic carbocycles. The Morgan fingerprint density at radius 3 is 0.954 bits per heavy atom. The molecule has 0 rings (SSSR count). The van der Waals surface area contributed by atoms with Gasteiger partial charge in [-0.1, -0.05) is 185 Å². The molecule has 0 spiro atoms. The van der Waals surface area contributed by atoms with Gasteiger partial charge in [-0.05, 0) is 128 Å². The summed E-state index contributed by atoms with van der Waals surface area (Å²) in [5.74, 6) is -1.11. The SMILES string of the molecule is CC/C=C\C/C=C\C/C=C\C/C=C\C/C=C\CCCCCC(=O)OCC(COC(=O)CC/C=C\C/C=C\C/C=C\C/C=C\CC)OC(=O)CCCC/C=C\C/C=C\C/C=C\C/C=C\CC. The lowest BCUT2D eigenvalue weighted by atomic mass is 10.1. The molecule has 0 aliphatic heterocycles. The van der Waals surface area contributed by atoms with Crippen LogP contribution in [0.5, 0.6) is 0 Å². The molecule has 0 bridgehead atoms. The van der Waals surface area contributed by atoms with Crippen molar-refractivity contribution in [1.29, 1.82) is 0 Å². The van der Waals surface area contributed by atoms with E-state index in [9.17, 15) is 14.4 Å². The van der Waals surface area contributed by atoms with E-state index in [4.69, 9.17) is 14.2 Å². The van der Waals surface area contributed by atoms with Crippen LogP contribution in [-0.4, -0.2) is 37.2 Å². The Labute approximate surface area is 397 Å². The van der Waals surface area contributed by atoms with E-state index in [1.54, 1.807) is 0 Å². The van der Waals surface area contributed by atoms with Crippen molar-refractivity contribution in [1.82, 2.24) is 0 Å². The van der Waals surface area contributed by atoms with E-state index in [1.807, 2.05) is 12.2 Å². The number of unbranched alkanes of at least 4 members (excludes halogenated alkanes) is 5. The lowest BCUT2D eigenvalue weighted by Gasteiger charge is -2.18. The van der Waals surface area contributed by atoms with Gasteiger partial charge < -0.3 is 14.2 Å². The van der Waals surface area contributed by atoms with E-state index < -0.39 is 6.10 Å². The summed E-state index contributed by atoms with van der Waals surface area (Å²) in [5, 5.41) is 0. The van der Waals surface area contributed by atoms with Gasteiger partial charge in [0.05, 0.1) is 0 Å². The molecule has 65 heavy (non-hydrogen) atoms. The van der Waals surface area contributed by atoms with Gasteiger partial charge in [0.1, 0.15) is 13.2 Å². The van der Waals surface area contributed by atoms with Crippen LogP contribution in [0.2, 0.25) is 0 Å². The summed E-state index contributed by atoms with van der Waals surface area (Å²) in [6.45, 7) is 6.13. The van der Waals surface area contributed by atoms with E-state index in [-0.39, 0.29) is 50.4 Å². The first-order chi connectivity index (χ1) is 32.0. The topological polar surface area (TPSA) is 78.9 Å². The van der Waals surface area contributed by atoms with Gasteiger partial charge in [-0.3, -0.25) is 14.4 Å². The molecule has 0 aromatic rings. The lowest BCUT2D eigenvalue weighted by Crippen LogP contribution is -2.30. The molecule has 0 saturated heterocycles. The van der Waals surface area contributed by atoms with Crippen molar-refractivity contribution in [2.45, 2.75) is 181 Å². The van der Waals surface area contributed by atoms with E-state index >= 15 is 0 Å². The standard InChI is InChI=1S/C59H88O6/c1-4-7-10-13-16-19-22-25-27-28-29-30-32-34-37-40-43-46-49-52-58(61)64-55-56(54-63-57(60)51-48-45-42-39-36-33-24-21-18-15-12-9-6-3)65-59(62)53-50-47-44-41-38-35-31-26-23-20-17-14-11-8-5-2/h7-12,16-21,25-27,29-31,33-34,36-38,41-42,45,56H,4-6,13-15,22-24,28,32,35,39-40,43-44,46-55H2,1-3H3/b10-7-,11-8-,12-9-,19-16-,20-17-,21-18-,27-25-,30-29-,31-26-,36-33-,37-34-,41-38-,45-42-. The molecule has 1 atom stereocenters. The van der Waals surface area contributed by atoms with Crippen molar-refractivity contribution in [2.24, 2.45) is 0 Å². The average Bonchev–Trinajstić information content (AvgIpc) is 3.30. The fourth-order valence-corrected chi connectivity index (χ4v) is 5.88. The predicted molar refractivity (Wildman–Crippen MR) is 278 cm³/mol. The Kier molecular flexibility index (Phi) is 47.7. The number of hydrogen-bond donors (Lipinski definition) is 0. The first-order valence-electron chi connectivity index (χ1n) is 25.0. The van der Waals surface area contributed by atoms with E-state index in [2.05, 4.69) is 167 Å². The number of ether oxygens (including phenoxy) is 3. The molecule has 0 radical (unpaired) electrons. The summed E-state index contributed by atoms with van der Waals surface area (Å²) in [6, 6.07) is 0. The van der Waals surface area contributed by atoms with Crippen molar-refractivity contribution >= 4 is 17.9 Å². The first kappa shape index (κ1) is 60.0.